The number of carbonyl (C=O) groups excluding carboxylic acids is 1. The molecule has 3 rings (SSSR count). The molecule has 2 aromatic carbocycles. The molecule has 0 atom stereocenters. The van der Waals surface area contributed by atoms with E-state index < -0.39 is 0 Å². The van der Waals surface area contributed by atoms with E-state index in [2.05, 4.69) is 12.1 Å². The molecule has 0 fully saturated rings. The molecule has 0 radical (unpaired) electrons. The number of benzene rings is 2. The highest BCUT2D eigenvalue weighted by atomic mass is 32.1. The lowest BCUT2D eigenvalue weighted by Crippen LogP contribution is -2.29. The van der Waals surface area contributed by atoms with Crippen molar-refractivity contribution < 1.29 is 4.79 Å². The Labute approximate surface area is 156 Å². The van der Waals surface area contributed by atoms with Crippen molar-refractivity contribution in [2.45, 2.75) is 20.8 Å². The van der Waals surface area contributed by atoms with Gasteiger partial charge >= 0.3 is 0 Å². The molecule has 4 heteroatoms. The van der Waals surface area contributed by atoms with Crippen molar-refractivity contribution in [3.8, 4) is 0 Å². The lowest BCUT2D eigenvalue weighted by Gasteiger charge is -2.00. The monoisotopic (exact) mass is 363 g/mol. The minimum absolute atomic E-state index is 0.0836. The maximum atomic E-state index is 12.6. The number of Topliss-reactive ketones (excluding diaryl/α,β-unsaturated/α-hetero) is 1. The number of hydrogen-bond acceptors (Lipinski definition) is 3. The number of hydrogen-bond donors (Lipinski definition) is 0. The van der Waals surface area contributed by atoms with Crippen LogP contribution in [0.2, 0.25) is 0 Å². The molecule has 26 heavy (non-hydrogen) atoms. The van der Waals surface area contributed by atoms with Crippen molar-refractivity contribution in [1.82, 2.24) is 4.57 Å². The van der Waals surface area contributed by atoms with Crippen molar-refractivity contribution >= 4 is 29.3 Å². The zero-order valence-corrected chi connectivity index (χ0v) is 16.2. The van der Waals surface area contributed by atoms with E-state index in [0.717, 1.165) is 22.3 Å². The van der Waals surface area contributed by atoms with Crippen LogP contribution in [0.15, 0.2) is 47.3 Å². The highest BCUT2D eigenvalue weighted by molar-refractivity contribution is 7.07. The minimum atomic E-state index is -0.0850. The lowest BCUT2D eigenvalue weighted by molar-refractivity contribution is 0.106. The number of thiazole rings is 1. The molecule has 0 spiro atoms. The Morgan fingerprint density at radius 1 is 1.04 bits per heavy atom. The summed E-state index contributed by atoms with van der Waals surface area (Å²) in [6.07, 6.45) is 3.46. The van der Waals surface area contributed by atoms with E-state index in [0.29, 0.717) is 14.8 Å². The summed E-state index contributed by atoms with van der Waals surface area (Å²) in [4.78, 5) is 25.2. The molecule has 3 nitrogen and oxygen atoms in total. The van der Waals surface area contributed by atoms with Crippen molar-refractivity contribution in [2.24, 2.45) is 7.05 Å². The van der Waals surface area contributed by atoms with Gasteiger partial charge in [-0.15, -0.1) is 11.3 Å². The van der Waals surface area contributed by atoms with Crippen molar-refractivity contribution in [2.75, 3.05) is 0 Å². The van der Waals surface area contributed by atoms with E-state index in [4.69, 9.17) is 0 Å². The van der Waals surface area contributed by atoms with Crippen LogP contribution >= 0.6 is 11.3 Å². The quantitative estimate of drug-likeness (QED) is 0.671. The molecule has 0 saturated heterocycles. The third-order valence-corrected chi connectivity index (χ3v) is 5.56. The summed E-state index contributed by atoms with van der Waals surface area (Å²) in [6, 6.07) is 13.6. The van der Waals surface area contributed by atoms with Crippen molar-refractivity contribution in [1.29, 1.82) is 0 Å². The molecule has 0 aliphatic carbocycles. The third kappa shape index (κ3) is 3.60. The van der Waals surface area contributed by atoms with Crippen LogP contribution in [0.4, 0.5) is 0 Å². The van der Waals surface area contributed by atoms with Gasteiger partial charge in [0.25, 0.3) is 5.56 Å². The first kappa shape index (κ1) is 18.1. The largest absolute Gasteiger partial charge is 0.302 e. The van der Waals surface area contributed by atoms with Crippen LogP contribution < -0.4 is 14.8 Å². The standard InChI is InChI=1S/C22H21NO2S/c1-14-9-10-15(2)17(11-14)12-20-22(25)23(4)21(26-20)13-19(24)18-8-6-5-7-16(18)3/h5-13H,1-4H3/b20-12-,21-13-. The Bertz CT molecular complexity index is 1170. The Balaban J connectivity index is 2.12. The Morgan fingerprint density at radius 2 is 1.77 bits per heavy atom. The minimum Gasteiger partial charge on any atom is -0.302 e. The Kier molecular flexibility index (Phi) is 5.05. The summed E-state index contributed by atoms with van der Waals surface area (Å²) in [5, 5.41) is 0. The van der Waals surface area contributed by atoms with Gasteiger partial charge in [-0.25, -0.2) is 0 Å². The van der Waals surface area contributed by atoms with Crippen LogP contribution in [0.5, 0.6) is 0 Å². The predicted molar refractivity (Wildman–Crippen MR) is 108 cm³/mol. The van der Waals surface area contributed by atoms with Gasteiger partial charge in [0.1, 0.15) is 4.66 Å². The maximum absolute atomic E-state index is 12.6. The van der Waals surface area contributed by atoms with Gasteiger partial charge in [0, 0.05) is 18.7 Å². The average Bonchev–Trinajstić information content (AvgIpc) is 2.86. The van der Waals surface area contributed by atoms with E-state index in [1.807, 2.05) is 57.2 Å². The van der Waals surface area contributed by atoms with E-state index in [1.165, 1.54) is 15.9 Å². The van der Waals surface area contributed by atoms with Crippen LogP contribution in [0, 0.1) is 20.8 Å². The predicted octanol–water partition coefficient (Wildman–Crippen LogP) is 2.86. The van der Waals surface area contributed by atoms with Gasteiger partial charge in [0.05, 0.1) is 4.53 Å². The van der Waals surface area contributed by atoms with Gasteiger partial charge in [0.2, 0.25) is 0 Å². The summed E-state index contributed by atoms with van der Waals surface area (Å²) in [5.74, 6) is -0.0850. The number of ketones is 1. The molecule has 0 unspecified atom stereocenters. The molecule has 0 aliphatic rings. The normalized spacial score (nSPS) is 12.6. The molecule has 0 amide bonds. The Hall–Kier alpha value is -2.72. The van der Waals surface area contributed by atoms with Crippen molar-refractivity contribution in [3.05, 3.63) is 89.8 Å². The fraction of sp³-hybridized carbons (Fsp3) is 0.182. The van der Waals surface area contributed by atoms with Gasteiger partial charge in [-0.1, -0.05) is 48.0 Å². The number of aryl methyl sites for hydroxylation is 3. The first-order chi connectivity index (χ1) is 12.4. The molecule has 1 aromatic heterocycles. The van der Waals surface area contributed by atoms with Gasteiger partial charge in [-0.2, -0.15) is 0 Å². The first-order valence-corrected chi connectivity index (χ1v) is 9.25. The topological polar surface area (TPSA) is 39.1 Å². The van der Waals surface area contributed by atoms with Crippen LogP contribution in [0.25, 0.3) is 12.2 Å². The SMILES string of the molecule is Cc1ccc(C)c(/C=c2\s/c(=C\C(=O)c3ccccc3C)n(C)c2=O)c1. The summed E-state index contributed by atoms with van der Waals surface area (Å²) in [5.41, 5.74) is 4.80. The lowest BCUT2D eigenvalue weighted by atomic mass is 10.1. The smallest absolute Gasteiger partial charge is 0.268 e. The van der Waals surface area contributed by atoms with E-state index in [-0.39, 0.29) is 11.3 Å². The van der Waals surface area contributed by atoms with Gasteiger partial charge in [0.15, 0.2) is 5.78 Å². The molecule has 132 valence electrons. The van der Waals surface area contributed by atoms with E-state index >= 15 is 0 Å². The van der Waals surface area contributed by atoms with Crippen molar-refractivity contribution in [3.63, 3.8) is 0 Å². The van der Waals surface area contributed by atoms with E-state index in [9.17, 15) is 9.59 Å². The molecule has 0 saturated carbocycles. The number of aromatic nitrogens is 1. The Morgan fingerprint density at radius 3 is 2.50 bits per heavy atom. The van der Waals surface area contributed by atoms with Crippen LogP contribution in [-0.4, -0.2) is 10.4 Å². The molecular weight excluding hydrogens is 342 g/mol. The molecule has 0 bridgehead atoms. The van der Waals surface area contributed by atoms with Gasteiger partial charge < -0.3 is 4.57 Å². The van der Waals surface area contributed by atoms with E-state index in [1.54, 1.807) is 13.1 Å². The summed E-state index contributed by atoms with van der Waals surface area (Å²) in [6.45, 7) is 5.97. The second kappa shape index (κ2) is 7.26. The number of carbonyl (C=O) groups is 1. The third-order valence-electron chi connectivity index (χ3n) is 4.45. The summed E-state index contributed by atoms with van der Waals surface area (Å²) >= 11 is 1.34. The molecule has 0 aliphatic heterocycles. The highest BCUT2D eigenvalue weighted by Gasteiger charge is 2.08. The summed E-state index contributed by atoms with van der Waals surface area (Å²) in [7, 11) is 1.70. The van der Waals surface area contributed by atoms with Crippen LogP contribution in [0.1, 0.15) is 32.6 Å². The zero-order chi connectivity index (χ0) is 18.8. The number of nitrogens with zero attached hydrogens (tertiary/aromatic N) is 1. The van der Waals surface area contributed by atoms with Gasteiger partial charge in [-0.3, -0.25) is 9.59 Å². The van der Waals surface area contributed by atoms with Crippen LogP contribution in [0.3, 0.4) is 0 Å². The second-order valence-electron chi connectivity index (χ2n) is 6.50. The van der Waals surface area contributed by atoms with Gasteiger partial charge in [-0.05, 0) is 43.5 Å². The summed E-state index contributed by atoms with van der Waals surface area (Å²) < 4.78 is 2.82. The molecule has 3 aromatic rings. The fourth-order valence-electron chi connectivity index (χ4n) is 2.80. The maximum Gasteiger partial charge on any atom is 0.268 e. The molecular formula is C22H21NO2S. The first-order valence-electron chi connectivity index (χ1n) is 8.43. The van der Waals surface area contributed by atoms with Crippen LogP contribution in [-0.2, 0) is 7.05 Å². The number of rotatable bonds is 3. The average molecular weight is 363 g/mol. The fourth-order valence-corrected chi connectivity index (χ4v) is 3.82. The second-order valence-corrected chi connectivity index (χ2v) is 7.56. The molecule has 1 heterocycles. The zero-order valence-electron chi connectivity index (χ0n) is 15.4. The molecule has 0 N–H and O–H groups in total. The highest BCUT2D eigenvalue weighted by Crippen LogP contribution is 2.11.